The zero-order valence-electron chi connectivity index (χ0n) is 14.0. The SMILES string of the molecule is CC[C@@H](N[S@@](=O)C(C)(C)C)c1cc(NS(=O)(=O)C2CC2)ccn1. The highest BCUT2D eigenvalue weighted by atomic mass is 32.2. The largest absolute Gasteiger partial charge is 0.283 e. The van der Waals surface area contributed by atoms with Gasteiger partial charge in [0.15, 0.2) is 0 Å². The lowest BCUT2D eigenvalue weighted by Crippen LogP contribution is -2.35. The summed E-state index contributed by atoms with van der Waals surface area (Å²) >= 11 is 0. The molecule has 0 radical (unpaired) electrons. The van der Waals surface area contributed by atoms with Crippen LogP contribution in [0.5, 0.6) is 0 Å². The molecule has 23 heavy (non-hydrogen) atoms. The van der Waals surface area contributed by atoms with Gasteiger partial charge in [-0.05, 0) is 52.2 Å². The van der Waals surface area contributed by atoms with Crippen LogP contribution in [0.3, 0.4) is 0 Å². The molecule has 0 amide bonds. The molecule has 1 aromatic heterocycles. The fraction of sp³-hybridized carbons (Fsp3) is 0.667. The zero-order chi connectivity index (χ0) is 17.3. The van der Waals surface area contributed by atoms with Crippen molar-refractivity contribution in [1.29, 1.82) is 0 Å². The zero-order valence-corrected chi connectivity index (χ0v) is 15.6. The first-order valence-electron chi connectivity index (χ1n) is 7.79. The first-order valence-corrected chi connectivity index (χ1v) is 10.5. The molecule has 0 saturated heterocycles. The maximum atomic E-state index is 12.3. The number of nitrogens with one attached hydrogen (secondary N) is 2. The van der Waals surface area contributed by atoms with Gasteiger partial charge in [0, 0.05) is 6.20 Å². The van der Waals surface area contributed by atoms with Crippen LogP contribution in [-0.4, -0.2) is 27.6 Å². The molecule has 2 rings (SSSR count). The average Bonchev–Trinajstić information content (AvgIpc) is 3.28. The van der Waals surface area contributed by atoms with Crippen LogP contribution < -0.4 is 9.44 Å². The summed E-state index contributed by atoms with van der Waals surface area (Å²) in [5.41, 5.74) is 1.18. The van der Waals surface area contributed by atoms with Crippen molar-refractivity contribution < 1.29 is 12.6 Å². The number of hydrogen-bond donors (Lipinski definition) is 2. The standard InChI is InChI=1S/C15H25N3O3S2/c1-5-13(17-22(19)15(2,3)4)14-10-11(8-9-16-14)18-23(20,21)12-6-7-12/h8-10,12-13,17H,5-7H2,1-4H3,(H,16,18)/t13-,22+/m1/s1. The minimum atomic E-state index is -3.29. The number of pyridine rings is 1. The van der Waals surface area contributed by atoms with Crippen LogP contribution in [-0.2, 0) is 21.0 Å². The highest BCUT2D eigenvalue weighted by Gasteiger charge is 2.35. The predicted octanol–water partition coefficient (Wildman–Crippen LogP) is 2.49. The molecule has 0 aromatic carbocycles. The summed E-state index contributed by atoms with van der Waals surface area (Å²) < 4.78 is 41.6. The molecular formula is C15H25N3O3S2. The van der Waals surface area contributed by atoms with Gasteiger partial charge in [0.25, 0.3) is 0 Å². The van der Waals surface area contributed by atoms with Crippen LogP contribution in [0, 0.1) is 0 Å². The Morgan fingerprint density at radius 3 is 2.57 bits per heavy atom. The number of aromatic nitrogens is 1. The summed E-state index contributed by atoms with van der Waals surface area (Å²) in [6, 6.07) is 3.15. The minimum absolute atomic E-state index is 0.194. The number of sulfonamides is 1. The monoisotopic (exact) mass is 359 g/mol. The average molecular weight is 360 g/mol. The molecule has 0 aliphatic heterocycles. The number of hydrogen-bond acceptors (Lipinski definition) is 4. The lowest BCUT2D eigenvalue weighted by atomic mass is 10.1. The molecule has 130 valence electrons. The molecule has 2 atom stereocenters. The van der Waals surface area contributed by atoms with Crippen LogP contribution >= 0.6 is 0 Å². The highest BCUT2D eigenvalue weighted by Crippen LogP contribution is 2.30. The Kier molecular flexibility index (Phi) is 5.48. The Balaban J connectivity index is 2.15. The second-order valence-corrected chi connectivity index (χ2v) is 10.7. The van der Waals surface area contributed by atoms with E-state index in [0.717, 1.165) is 12.8 Å². The molecule has 1 saturated carbocycles. The lowest BCUT2D eigenvalue weighted by Gasteiger charge is -2.23. The topological polar surface area (TPSA) is 88.2 Å². The van der Waals surface area contributed by atoms with E-state index in [2.05, 4.69) is 14.4 Å². The van der Waals surface area contributed by atoms with Crippen molar-refractivity contribution >= 4 is 26.7 Å². The summed E-state index contributed by atoms with van der Waals surface area (Å²) in [4.78, 5) is 4.30. The fourth-order valence-electron chi connectivity index (χ4n) is 1.99. The van der Waals surface area contributed by atoms with Gasteiger partial charge in [-0.25, -0.2) is 17.3 Å². The summed E-state index contributed by atoms with van der Waals surface area (Å²) in [7, 11) is -4.51. The van der Waals surface area contributed by atoms with Crippen molar-refractivity contribution in [2.24, 2.45) is 0 Å². The minimum Gasteiger partial charge on any atom is -0.283 e. The third-order valence-corrected chi connectivity index (χ3v) is 7.06. The van der Waals surface area contributed by atoms with E-state index in [9.17, 15) is 12.6 Å². The van der Waals surface area contributed by atoms with E-state index in [1.54, 1.807) is 18.3 Å². The summed E-state index contributed by atoms with van der Waals surface area (Å²) in [5, 5.41) is -0.271. The molecule has 1 fully saturated rings. The van der Waals surface area contributed by atoms with Crippen molar-refractivity contribution in [2.45, 2.75) is 63.0 Å². The molecule has 6 nitrogen and oxygen atoms in total. The van der Waals surface area contributed by atoms with Crippen molar-refractivity contribution in [3.05, 3.63) is 24.0 Å². The van der Waals surface area contributed by atoms with Crippen LogP contribution in [0.4, 0.5) is 5.69 Å². The van der Waals surface area contributed by atoms with Gasteiger partial charge in [-0.15, -0.1) is 0 Å². The summed E-state index contributed by atoms with van der Waals surface area (Å²) in [5.74, 6) is 0. The van der Waals surface area contributed by atoms with Crippen molar-refractivity contribution in [3.63, 3.8) is 0 Å². The Morgan fingerprint density at radius 1 is 1.39 bits per heavy atom. The quantitative estimate of drug-likeness (QED) is 0.783. The molecule has 1 heterocycles. The van der Waals surface area contributed by atoms with E-state index >= 15 is 0 Å². The van der Waals surface area contributed by atoms with E-state index in [0.29, 0.717) is 17.8 Å². The van der Waals surface area contributed by atoms with Crippen molar-refractivity contribution in [2.75, 3.05) is 4.72 Å². The maximum Gasteiger partial charge on any atom is 0.235 e. The highest BCUT2D eigenvalue weighted by molar-refractivity contribution is 7.93. The first-order chi connectivity index (χ1) is 10.6. The Hall–Kier alpha value is -0.990. The smallest absolute Gasteiger partial charge is 0.235 e. The van der Waals surface area contributed by atoms with Crippen LogP contribution in [0.2, 0.25) is 0 Å². The molecule has 0 spiro atoms. The van der Waals surface area contributed by atoms with Crippen LogP contribution in [0.25, 0.3) is 0 Å². The maximum absolute atomic E-state index is 12.3. The normalized spacial score (nSPS) is 18.4. The Bertz CT molecular complexity index is 679. The molecular weight excluding hydrogens is 334 g/mol. The van der Waals surface area contributed by atoms with E-state index < -0.39 is 21.0 Å². The molecule has 2 N–H and O–H groups in total. The van der Waals surface area contributed by atoms with Gasteiger partial charge >= 0.3 is 0 Å². The third-order valence-electron chi connectivity index (χ3n) is 3.58. The van der Waals surface area contributed by atoms with Gasteiger partial charge in [-0.1, -0.05) is 6.92 Å². The molecule has 1 aliphatic rings. The molecule has 8 heteroatoms. The fourth-order valence-corrected chi connectivity index (χ4v) is 4.27. The molecule has 1 aromatic rings. The van der Waals surface area contributed by atoms with Crippen molar-refractivity contribution in [1.82, 2.24) is 9.71 Å². The second kappa shape index (κ2) is 6.86. The molecule has 0 bridgehead atoms. The van der Waals surface area contributed by atoms with E-state index in [1.165, 1.54) is 0 Å². The predicted molar refractivity (Wildman–Crippen MR) is 93.9 cm³/mol. The van der Waals surface area contributed by atoms with Gasteiger partial charge < -0.3 is 0 Å². The number of rotatable bonds is 7. The Labute approximate surface area is 141 Å². The van der Waals surface area contributed by atoms with Gasteiger partial charge in [0.05, 0.1) is 38.4 Å². The number of anilines is 1. The van der Waals surface area contributed by atoms with Gasteiger partial charge in [0.2, 0.25) is 10.0 Å². The second-order valence-electron chi connectivity index (χ2n) is 6.78. The van der Waals surface area contributed by atoms with Gasteiger partial charge in [-0.2, -0.15) is 0 Å². The van der Waals surface area contributed by atoms with E-state index in [-0.39, 0.29) is 16.0 Å². The molecule has 0 unspecified atom stereocenters. The summed E-state index contributed by atoms with van der Waals surface area (Å²) in [6.07, 6.45) is 3.71. The van der Waals surface area contributed by atoms with Crippen molar-refractivity contribution in [3.8, 4) is 0 Å². The van der Waals surface area contributed by atoms with Gasteiger partial charge in [0.1, 0.15) is 0 Å². The van der Waals surface area contributed by atoms with Crippen LogP contribution in [0.15, 0.2) is 18.3 Å². The first kappa shape index (κ1) is 18.4. The van der Waals surface area contributed by atoms with E-state index in [4.69, 9.17) is 0 Å². The van der Waals surface area contributed by atoms with Gasteiger partial charge in [-0.3, -0.25) is 9.71 Å². The summed E-state index contributed by atoms with van der Waals surface area (Å²) in [6.45, 7) is 7.67. The lowest BCUT2D eigenvalue weighted by molar-refractivity contribution is 0.580. The Morgan fingerprint density at radius 2 is 2.04 bits per heavy atom. The molecule has 1 aliphatic carbocycles. The van der Waals surface area contributed by atoms with Crippen LogP contribution in [0.1, 0.15) is 58.7 Å². The third kappa shape index (κ3) is 4.99. The van der Waals surface area contributed by atoms with E-state index in [1.807, 2.05) is 27.7 Å². The number of nitrogens with zero attached hydrogens (tertiary/aromatic N) is 1.